The third-order valence-corrected chi connectivity index (χ3v) is 3.28. The van der Waals surface area contributed by atoms with Gasteiger partial charge in [0, 0.05) is 0 Å². The van der Waals surface area contributed by atoms with Gasteiger partial charge in [-0.15, -0.1) is 10.2 Å². The van der Waals surface area contributed by atoms with E-state index in [4.69, 9.17) is 9.79 Å². The molecule has 4 N–H and O–H groups in total. The summed E-state index contributed by atoms with van der Waals surface area (Å²) in [6.07, 6.45) is -0.360. The van der Waals surface area contributed by atoms with Crippen LogP contribution in [-0.4, -0.2) is 40.4 Å². The quantitative estimate of drug-likeness (QED) is 0.509. The second kappa shape index (κ2) is 4.23. The summed E-state index contributed by atoms with van der Waals surface area (Å²) in [5.74, 6) is 0.681. The molecule has 0 atom stereocenters. The van der Waals surface area contributed by atoms with Gasteiger partial charge in [0.25, 0.3) is 0 Å². The lowest BCUT2D eigenvalue weighted by molar-refractivity contribution is 0.372. The van der Waals surface area contributed by atoms with Gasteiger partial charge in [0.1, 0.15) is 0 Å². The van der Waals surface area contributed by atoms with Crippen LogP contribution in [0.5, 0.6) is 0 Å². The summed E-state index contributed by atoms with van der Waals surface area (Å²) in [5, 5.41) is 13.3. The number of tetrazole rings is 1. The molecule has 2 aromatic heterocycles. The minimum atomic E-state index is -4.15. The van der Waals surface area contributed by atoms with Crippen LogP contribution in [0.1, 0.15) is 5.56 Å². The first-order valence-electron chi connectivity index (χ1n) is 5.29. The Bertz CT molecular complexity index is 761. The molecule has 3 aromatic rings. The Kier molecular flexibility index (Phi) is 2.67. The third kappa shape index (κ3) is 2.39. The number of para-hydroxylation sites is 1. The van der Waals surface area contributed by atoms with Crippen molar-refractivity contribution in [2.24, 2.45) is 0 Å². The summed E-state index contributed by atoms with van der Waals surface area (Å²) in [4.78, 5) is 25.3. The number of nitrogens with one attached hydrogen (secondary N) is 2. The van der Waals surface area contributed by atoms with Crippen LogP contribution >= 0.6 is 7.60 Å². The van der Waals surface area contributed by atoms with Gasteiger partial charge in [0.05, 0.1) is 17.2 Å². The van der Waals surface area contributed by atoms with E-state index in [0.717, 1.165) is 0 Å². The van der Waals surface area contributed by atoms with Crippen LogP contribution < -0.4 is 0 Å². The zero-order valence-electron chi connectivity index (χ0n) is 9.48. The number of hydrogen-bond acceptors (Lipinski definition) is 5. The molecule has 0 unspecified atom stereocenters. The van der Waals surface area contributed by atoms with Crippen LogP contribution in [-0.2, 0) is 10.7 Å². The summed E-state index contributed by atoms with van der Waals surface area (Å²) in [5.41, 5.74) is 1.62. The summed E-state index contributed by atoms with van der Waals surface area (Å²) in [6.45, 7) is 0. The fraction of sp³-hybridized carbons (Fsp3) is 0.111. The largest absolute Gasteiger partial charge is 0.335 e. The molecule has 0 spiro atoms. The minimum Gasteiger partial charge on any atom is -0.335 e. The van der Waals surface area contributed by atoms with Crippen molar-refractivity contribution in [2.45, 2.75) is 6.16 Å². The highest BCUT2D eigenvalue weighted by atomic mass is 31.2. The second-order valence-electron chi connectivity index (χ2n) is 3.96. The van der Waals surface area contributed by atoms with Gasteiger partial charge in [-0.1, -0.05) is 12.1 Å². The molecule has 2 heterocycles. The van der Waals surface area contributed by atoms with E-state index in [0.29, 0.717) is 28.2 Å². The number of nitrogens with zero attached hydrogens (tertiary/aromatic N) is 4. The lowest BCUT2D eigenvalue weighted by atomic mass is 10.2. The molecule has 1 aromatic carbocycles. The molecule has 0 saturated carbocycles. The topological polar surface area (TPSA) is 141 Å². The van der Waals surface area contributed by atoms with Crippen molar-refractivity contribution in [1.29, 1.82) is 0 Å². The molecule has 0 saturated heterocycles. The maximum atomic E-state index is 11.1. The van der Waals surface area contributed by atoms with Crippen molar-refractivity contribution in [2.75, 3.05) is 0 Å². The number of imidazole rings is 1. The number of rotatable bonds is 3. The SMILES string of the molecule is O=P(O)(O)Cc1cccc2[nH]c(-c3nn[nH]n3)nc12. The Morgan fingerprint density at radius 2 is 2.16 bits per heavy atom. The normalized spacial score (nSPS) is 12.1. The molecule has 10 heteroatoms. The zero-order valence-corrected chi connectivity index (χ0v) is 10.4. The van der Waals surface area contributed by atoms with Gasteiger partial charge < -0.3 is 14.8 Å². The van der Waals surface area contributed by atoms with Gasteiger partial charge in [0.15, 0.2) is 5.82 Å². The van der Waals surface area contributed by atoms with E-state index in [2.05, 4.69) is 30.6 Å². The predicted octanol–water partition coefficient (Wildman–Crippen LogP) is 0.421. The molecule has 0 aliphatic heterocycles. The van der Waals surface area contributed by atoms with E-state index in [1.807, 2.05) is 0 Å². The number of aromatic nitrogens is 6. The van der Waals surface area contributed by atoms with E-state index in [1.54, 1.807) is 18.2 Å². The molecule has 0 radical (unpaired) electrons. The van der Waals surface area contributed by atoms with Crippen LogP contribution in [0.3, 0.4) is 0 Å². The molecule has 0 fully saturated rings. The van der Waals surface area contributed by atoms with Gasteiger partial charge in [-0.05, 0) is 16.8 Å². The molecule has 98 valence electrons. The zero-order chi connectivity index (χ0) is 13.5. The molecular weight excluding hydrogens is 271 g/mol. The van der Waals surface area contributed by atoms with E-state index < -0.39 is 7.60 Å². The molecule has 19 heavy (non-hydrogen) atoms. The van der Waals surface area contributed by atoms with E-state index in [9.17, 15) is 4.57 Å². The van der Waals surface area contributed by atoms with E-state index in [1.165, 1.54) is 0 Å². The van der Waals surface area contributed by atoms with Gasteiger partial charge in [0.2, 0.25) is 5.82 Å². The van der Waals surface area contributed by atoms with Crippen molar-refractivity contribution >= 4 is 18.6 Å². The summed E-state index contributed by atoms with van der Waals surface area (Å²) in [6, 6.07) is 5.09. The first-order valence-corrected chi connectivity index (χ1v) is 7.09. The molecule has 0 amide bonds. The average Bonchev–Trinajstić information content (AvgIpc) is 2.95. The Balaban J connectivity index is 2.13. The van der Waals surface area contributed by atoms with E-state index in [-0.39, 0.29) is 6.16 Å². The summed E-state index contributed by atoms with van der Waals surface area (Å²) < 4.78 is 11.1. The number of aromatic amines is 2. The molecule has 9 nitrogen and oxygen atoms in total. The van der Waals surface area contributed by atoms with Crippen LogP contribution in [0.15, 0.2) is 18.2 Å². The molecule has 0 aliphatic carbocycles. The number of hydrogen-bond donors (Lipinski definition) is 4. The first-order chi connectivity index (χ1) is 9.03. The van der Waals surface area contributed by atoms with Gasteiger partial charge in [-0.25, -0.2) is 4.98 Å². The standard InChI is InChI=1S/C9H9N6O3P/c16-19(17,18)4-5-2-1-3-6-7(5)11-8(10-6)9-12-14-15-13-9/h1-3H,4H2,(H,10,11)(H2,16,17,18)(H,12,13,14,15). The van der Waals surface area contributed by atoms with E-state index >= 15 is 0 Å². The lowest BCUT2D eigenvalue weighted by Crippen LogP contribution is -1.88. The van der Waals surface area contributed by atoms with Crippen molar-refractivity contribution in [1.82, 2.24) is 30.6 Å². The van der Waals surface area contributed by atoms with Gasteiger partial charge in [-0.2, -0.15) is 5.21 Å². The average molecular weight is 280 g/mol. The third-order valence-electron chi connectivity index (χ3n) is 2.53. The Morgan fingerprint density at radius 3 is 2.84 bits per heavy atom. The van der Waals surface area contributed by atoms with Crippen LogP contribution in [0.25, 0.3) is 22.7 Å². The fourth-order valence-corrected chi connectivity index (χ4v) is 2.51. The predicted molar refractivity (Wildman–Crippen MR) is 65.0 cm³/mol. The van der Waals surface area contributed by atoms with Crippen LogP contribution in [0.4, 0.5) is 0 Å². The fourth-order valence-electron chi connectivity index (χ4n) is 1.81. The summed E-state index contributed by atoms with van der Waals surface area (Å²) in [7, 11) is -4.15. The van der Waals surface area contributed by atoms with Crippen molar-refractivity contribution in [3.63, 3.8) is 0 Å². The maximum absolute atomic E-state index is 11.1. The number of H-pyrrole nitrogens is 2. The second-order valence-corrected chi connectivity index (χ2v) is 5.60. The maximum Gasteiger partial charge on any atom is 0.329 e. The highest BCUT2D eigenvalue weighted by Gasteiger charge is 2.18. The van der Waals surface area contributed by atoms with Crippen molar-refractivity contribution in [3.05, 3.63) is 23.8 Å². The van der Waals surface area contributed by atoms with Crippen LogP contribution in [0.2, 0.25) is 0 Å². The lowest BCUT2D eigenvalue weighted by Gasteiger charge is -2.03. The number of benzene rings is 1. The molecule has 0 aliphatic rings. The summed E-state index contributed by atoms with van der Waals surface area (Å²) >= 11 is 0. The smallest absolute Gasteiger partial charge is 0.329 e. The van der Waals surface area contributed by atoms with Gasteiger partial charge >= 0.3 is 7.60 Å². The monoisotopic (exact) mass is 280 g/mol. The Hall–Kier alpha value is -2.09. The van der Waals surface area contributed by atoms with Crippen molar-refractivity contribution < 1.29 is 14.4 Å². The highest BCUT2D eigenvalue weighted by molar-refractivity contribution is 7.50. The highest BCUT2D eigenvalue weighted by Crippen LogP contribution is 2.40. The molecule has 3 rings (SSSR count). The molecule has 0 bridgehead atoms. The van der Waals surface area contributed by atoms with Crippen LogP contribution in [0, 0.1) is 0 Å². The number of fused-ring (bicyclic) bond motifs is 1. The van der Waals surface area contributed by atoms with Crippen molar-refractivity contribution in [3.8, 4) is 11.6 Å². The minimum absolute atomic E-state index is 0.290. The van der Waals surface area contributed by atoms with Gasteiger partial charge in [-0.3, -0.25) is 4.57 Å². The first kappa shape index (κ1) is 12.0. The molecular formula is C9H9N6O3P. The Labute approximate surface area is 106 Å². The Morgan fingerprint density at radius 1 is 1.32 bits per heavy atom.